The molecule has 2 aromatic carbocycles. The normalized spacial score (nSPS) is 12.2. The van der Waals surface area contributed by atoms with Crippen molar-refractivity contribution in [2.45, 2.75) is 20.3 Å². The highest BCUT2D eigenvalue weighted by molar-refractivity contribution is 5.72. The second kappa shape index (κ2) is 8.23. The highest BCUT2D eigenvalue weighted by Gasteiger charge is 2.09. The van der Waals surface area contributed by atoms with Crippen LogP contribution >= 0.6 is 0 Å². The van der Waals surface area contributed by atoms with Crippen LogP contribution in [0.1, 0.15) is 19.4 Å². The third-order valence-electron chi connectivity index (χ3n) is 4.00. The van der Waals surface area contributed by atoms with Crippen molar-refractivity contribution in [2.24, 2.45) is 0 Å². The van der Waals surface area contributed by atoms with E-state index in [4.69, 9.17) is 4.74 Å². The molecule has 23 heavy (non-hydrogen) atoms. The second-order valence-corrected chi connectivity index (χ2v) is 5.57. The van der Waals surface area contributed by atoms with Crippen molar-refractivity contribution in [1.29, 1.82) is 0 Å². The van der Waals surface area contributed by atoms with Gasteiger partial charge in [-0.25, -0.2) is 0 Å². The lowest BCUT2D eigenvalue weighted by molar-refractivity contribution is 0.412. The van der Waals surface area contributed by atoms with Gasteiger partial charge in [-0.05, 0) is 43.2 Å². The Kier molecular flexibility index (Phi) is 6.04. The molecule has 0 fully saturated rings. The predicted octanol–water partition coefficient (Wildman–Crippen LogP) is 4.97. The number of ether oxygens (including phenoxy) is 1. The van der Waals surface area contributed by atoms with Gasteiger partial charge in [0, 0.05) is 12.6 Å². The van der Waals surface area contributed by atoms with E-state index in [0.29, 0.717) is 0 Å². The Hall–Kier alpha value is -2.48. The number of para-hydroxylation sites is 1. The zero-order valence-corrected chi connectivity index (χ0v) is 14.4. The van der Waals surface area contributed by atoms with Gasteiger partial charge in [-0.2, -0.15) is 0 Å². The molecule has 2 rings (SSSR count). The molecule has 2 heteroatoms. The lowest BCUT2D eigenvalue weighted by atomic mass is 9.98. The fourth-order valence-corrected chi connectivity index (χ4v) is 2.59. The van der Waals surface area contributed by atoms with Crippen LogP contribution in [0.4, 0.5) is 0 Å². The van der Waals surface area contributed by atoms with Gasteiger partial charge in [-0.3, -0.25) is 0 Å². The maximum absolute atomic E-state index is 5.71. The molecule has 0 amide bonds. The van der Waals surface area contributed by atoms with E-state index in [1.807, 2.05) is 19.3 Å². The van der Waals surface area contributed by atoms with Gasteiger partial charge in [-0.1, -0.05) is 60.2 Å². The fraction of sp³-hybridized carbons (Fsp3) is 0.238. The minimum atomic E-state index is 0.852. The number of benzene rings is 2. The van der Waals surface area contributed by atoms with Gasteiger partial charge in [0.1, 0.15) is 5.75 Å². The van der Waals surface area contributed by atoms with Crippen LogP contribution in [-0.4, -0.2) is 14.2 Å². The fourth-order valence-electron chi connectivity index (χ4n) is 2.59. The summed E-state index contributed by atoms with van der Waals surface area (Å²) in [5.41, 5.74) is 6.03. The Balaban J connectivity index is 2.34. The van der Waals surface area contributed by atoms with Crippen molar-refractivity contribution < 1.29 is 4.74 Å². The molecule has 0 aromatic heterocycles. The summed E-state index contributed by atoms with van der Waals surface area (Å²) in [7, 11) is 3.66. The molecule has 2 aromatic rings. The van der Waals surface area contributed by atoms with Crippen LogP contribution in [0.15, 0.2) is 72.0 Å². The van der Waals surface area contributed by atoms with Gasteiger partial charge in [0.2, 0.25) is 0 Å². The molecule has 0 unspecified atom stereocenters. The molecule has 0 aliphatic rings. The van der Waals surface area contributed by atoms with Crippen molar-refractivity contribution in [3.63, 3.8) is 0 Å². The highest BCUT2D eigenvalue weighted by atomic mass is 16.5. The first-order chi connectivity index (χ1) is 11.2. The maximum Gasteiger partial charge on any atom is 0.130 e. The largest absolute Gasteiger partial charge is 0.496 e. The zero-order valence-electron chi connectivity index (χ0n) is 14.4. The second-order valence-electron chi connectivity index (χ2n) is 5.57. The monoisotopic (exact) mass is 307 g/mol. The van der Waals surface area contributed by atoms with Gasteiger partial charge in [0.05, 0.1) is 7.11 Å². The average Bonchev–Trinajstić information content (AvgIpc) is 2.60. The third-order valence-corrected chi connectivity index (χ3v) is 4.00. The molecule has 0 radical (unpaired) electrons. The van der Waals surface area contributed by atoms with Crippen molar-refractivity contribution >= 4 is 0 Å². The molecule has 2 nitrogen and oxygen atoms in total. The summed E-state index contributed by atoms with van der Waals surface area (Å²) in [5.74, 6) is 0.956. The first-order valence-corrected chi connectivity index (χ1v) is 7.89. The Morgan fingerprint density at radius 2 is 1.74 bits per heavy atom. The molecule has 0 heterocycles. The van der Waals surface area contributed by atoms with E-state index in [1.165, 1.54) is 22.3 Å². The number of hydrogen-bond acceptors (Lipinski definition) is 2. The van der Waals surface area contributed by atoms with E-state index < -0.39 is 0 Å². The molecule has 0 atom stereocenters. The van der Waals surface area contributed by atoms with Gasteiger partial charge < -0.3 is 10.1 Å². The number of methoxy groups -OCH3 is 1. The molecule has 1 N–H and O–H groups in total. The van der Waals surface area contributed by atoms with Crippen molar-refractivity contribution in [3.05, 3.63) is 77.5 Å². The minimum Gasteiger partial charge on any atom is -0.496 e. The van der Waals surface area contributed by atoms with Crippen LogP contribution in [0.2, 0.25) is 0 Å². The van der Waals surface area contributed by atoms with Gasteiger partial charge >= 0.3 is 0 Å². The standard InChI is InChI=1S/C21H25NO/c1-16(17(2)15-22-3)13-14-19-11-8-12-20(21(19)23-4)18-9-6-5-7-10-18/h5-13,15,22H,14H2,1-4H3/b16-13-,17-15-. The number of rotatable bonds is 6. The van der Waals surface area contributed by atoms with Crippen molar-refractivity contribution in [2.75, 3.05) is 14.2 Å². The average molecular weight is 307 g/mol. The topological polar surface area (TPSA) is 21.3 Å². The summed E-state index contributed by atoms with van der Waals surface area (Å²) in [4.78, 5) is 0. The summed E-state index contributed by atoms with van der Waals surface area (Å²) in [6.45, 7) is 4.25. The Morgan fingerprint density at radius 1 is 1.00 bits per heavy atom. The van der Waals surface area contributed by atoms with Gasteiger partial charge in [0.25, 0.3) is 0 Å². The van der Waals surface area contributed by atoms with Gasteiger partial charge in [0.15, 0.2) is 0 Å². The first-order valence-electron chi connectivity index (χ1n) is 7.89. The maximum atomic E-state index is 5.71. The van der Waals surface area contributed by atoms with Crippen LogP contribution in [0.5, 0.6) is 5.75 Å². The third kappa shape index (κ3) is 4.26. The molecule has 0 spiro atoms. The first kappa shape index (κ1) is 16.9. The summed E-state index contributed by atoms with van der Waals surface area (Å²) in [6.07, 6.45) is 5.11. The van der Waals surface area contributed by atoms with Crippen LogP contribution < -0.4 is 10.1 Å². The predicted molar refractivity (Wildman–Crippen MR) is 98.7 cm³/mol. The zero-order chi connectivity index (χ0) is 16.7. The summed E-state index contributed by atoms with van der Waals surface area (Å²) in [6, 6.07) is 16.7. The van der Waals surface area contributed by atoms with Crippen LogP contribution in [0, 0.1) is 0 Å². The minimum absolute atomic E-state index is 0.852. The van der Waals surface area contributed by atoms with E-state index in [2.05, 4.69) is 67.7 Å². The molecular formula is C21H25NO. The Bertz CT molecular complexity index is 699. The molecular weight excluding hydrogens is 282 g/mol. The molecule has 0 bridgehead atoms. The van der Waals surface area contributed by atoms with Gasteiger partial charge in [-0.15, -0.1) is 0 Å². The summed E-state index contributed by atoms with van der Waals surface area (Å²) in [5, 5.41) is 3.07. The molecule has 0 aliphatic heterocycles. The van der Waals surface area contributed by atoms with Crippen LogP contribution in [-0.2, 0) is 6.42 Å². The van der Waals surface area contributed by atoms with E-state index in [1.54, 1.807) is 7.11 Å². The SMILES string of the molecule is CN/C=C(C)\C(C)=C/Cc1cccc(-c2ccccc2)c1OC. The summed E-state index contributed by atoms with van der Waals surface area (Å²) >= 11 is 0. The highest BCUT2D eigenvalue weighted by Crippen LogP contribution is 2.33. The Morgan fingerprint density at radius 3 is 2.39 bits per heavy atom. The van der Waals surface area contributed by atoms with E-state index >= 15 is 0 Å². The molecule has 120 valence electrons. The number of allylic oxidation sites excluding steroid dienone is 3. The lowest BCUT2D eigenvalue weighted by Gasteiger charge is -2.13. The number of nitrogens with one attached hydrogen (secondary N) is 1. The quantitative estimate of drug-likeness (QED) is 0.760. The molecule has 0 saturated carbocycles. The van der Waals surface area contributed by atoms with E-state index in [-0.39, 0.29) is 0 Å². The molecule has 0 aliphatic carbocycles. The summed E-state index contributed by atoms with van der Waals surface area (Å²) < 4.78 is 5.71. The Labute approximate surface area is 139 Å². The van der Waals surface area contributed by atoms with Crippen molar-refractivity contribution in [1.82, 2.24) is 5.32 Å². The number of hydrogen-bond donors (Lipinski definition) is 1. The van der Waals surface area contributed by atoms with Crippen LogP contribution in [0.3, 0.4) is 0 Å². The smallest absolute Gasteiger partial charge is 0.130 e. The van der Waals surface area contributed by atoms with Crippen molar-refractivity contribution in [3.8, 4) is 16.9 Å². The lowest BCUT2D eigenvalue weighted by Crippen LogP contribution is -1.97. The van der Waals surface area contributed by atoms with E-state index in [0.717, 1.165) is 17.7 Å². The van der Waals surface area contributed by atoms with Crippen LogP contribution in [0.25, 0.3) is 11.1 Å². The molecule has 0 saturated heterocycles. The van der Waals surface area contributed by atoms with E-state index in [9.17, 15) is 0 Å².